The smallest absolute Gasteiger partial charge is 0.246 e. The average Bonchev–Trinajstić information content (AvgIpc) is 2.00. The molecule has 78 valence electrons. The molecule has 0 saturated heterocycles. The van der Waals surface area contributed by atoms with Crippen LogP contribution in [0.3, 0.4) is 0 Å². The van der Waals surface area contributed by atoms with E-state index in [4.69, 9.17) is 10.1 Å². The summed E-state index contributed by atoms with van der Waals surface area (Å²) in [5, 5.41) is 11.9. The Morgan fingerprint density at radius 3 is 2.54 bits per heavy atom. The van der Waals surface area contributed by atoms with Crippen molar-refractivity contribution in [2.45, 2.75) is 13.3 Å². The number of nitrogens with zero attached hydrogens (tertiary/aromatic N) is 1. The molecule has 0 fully saturated rings. The number of rotatable bonds is 5. The maximum atomic E-state index is 10.8. The minimum atomic E-state index is -3.12. The van der Waals surface area contributed by atoms with Crippen LogP contribution in [0, 0.1) is 0 Å². The Kier molecular flexibility index (Phi) is 5.17. The van der Waals surface area contributed by atoms with Crippen LogP contribution < -0.4 is 5.32 Å². The molecule has 0 aliphatic heterocycles. The fraction of sp³-hybridized carbons (Fsp3) is 0.833. The first-order chi connectivity index (χ1) is 5.87. The van der Waals surface area contributed by atoms with Crippen molar-refractivity contribution in [1.29, 1.82) is 0 Å². The number of amides is 1. The maximum absolute atomic E-state index is 10.8. The zero-order valence-electron chi connectivity index (χ0n) is 7.73. The molecule has 0 aromatic carbocycles. The lowest BCUT2D eigenvalue weighted by atomic mass is 10.4. The molecule has 0 radical (unpaired) electrons. The number of nitrogens with one attached hydrogen (secondary N) is 1. The van der Waals surface area contributed by atoms with Crippen molar-refractivity contribution in [1.82, 2.24) is 10.4 Å². The first kappa shape index (κ1) is 12.6. The van der Waals surface area contributed by atoms with E-state index in [9.17, 15) is 9.36 Å². The van der Waals surface area contributed by atoms with E-state index >= 15 is 0 Å². The first-order valence-electron chi connectivity index (χ1n) is 3.86. The molecule has 0 aliphatic carbocycles. The molecule has 1 amide bonds. The minimum absolute atomic E-state index is 0.124. The lowest BCUT2D eigenvalue weighted by molar-refractivity contribution is -0.166. The monoisotopic (exact) mass is 210 g/mol. The van der Waals surface area contributed by atoms with Crippen molar-refractivity contribution < 1.29 is 19.5 Å². The molecular formula is C6H15N2O4P. The molecule has 0 bridgehead atoms. The number of carbonyl (C=O) groups excluding carboxylic acids is 1. The van der Waals surface area contributed by atoms with Crippen LogP contribution in [0.1, 0.15) is 13.3 Å². The van der Waals surface area contributed by atoms with Crippen LogP contribution in [-0.2, 0) is 9.36 Å². The summed E-state index contributed by atoms with van der Waals surface area (Å²) in [6.07, 6.45) is 0.0716. The van der Waals surface area contributed by atoms with Crippen molar-refractivity contribution in [3.63, 3.8) is 0 Å². The molecule has 0 aromatic heterocycles. The van der Waals surface area contributed by atoms with Gasteiger partial charge < -0.3 is 4.89 Å². The van der Waals surface area contributed by atoms with Crippen molar-refractivity contribution in [3.05, 3.63) is 0 Å². The van der Waals surface area contributed by atoms with Gasteiger partial charge in [-0.25, -0.2) is 5.06 Å². The highest BCUT2D eigenvalue weighted by molar-refractivity contribution is 7.57. The summed E-state index contributed by atoms with van der Waals surface area (Å²) in [6, 6.07) is 0. The second kappa shape index (κ2) is 5.34. The van der Waals surface area contributed by atoms with Crippen LogP contribution >= 0.6 is 7.37 Å². The van der Waals surface area contributed by atoms with Gasteiger partial charge in [0, 0.05) is 13.1 Å². The van der Waals surface area contributed by atoms with E-state index in [0.717, 1.165) is 0 Å². The summed E-state index contributed by atoms with van der Waals surface area (Å²) in [6.45, 7) is 2.68. The van der Waals surface area contributed by atoms with Gasteiger partial charge >= 0.3 is 0 Å². The molecule has 13 heavy (non-hydrogen) atoms. The normalized spacial score (nSPS) is 15.1. The standard InChI is InChI=1S/C6H15N2O4P/c1-3-6(9)8(10)4-7-5-13(2,11)12/h7,10H,3-5H2,1-2H3,(H,11,12). The highest BCUT2D eigenvalue weighted by Crippen LogP contribution is 2.32. The highest BCUT2D eigenvalue weighted by atomic mass is 31.2. The van der Waals surface area contributed by atoms with E-state index in [1.54, 1.807) is 6.92 Å². The lowest BCUT2D eigenvalue weighted by Crippen LogP contribution is -2.36. The largest absolute Gasteiger partial charge is 0.344 e. The molecule has 1 unspecified atom stereocenters. The molecule has 0 rings (SSSR count). The Labute approximate surface area is 77.0 Å². The zero-order valence-corrected chi connectivity index (χ0v) is 8.62. The number of hydrogen-bond acceptors (Lipinski definition) is 4. The summed E-state index contributed by atoms with van der Waals surface area (Å²) < 4.78 is 10.7. The predicted molar refractivity (Wildman–Crippen MR) is 47.5 cm³/mol. The van der Waals surface area contributed by atoms with Gasteiger partial charge in [0.25, 0.3) is 0 Å². The molecule has 3 N–H and O–H groups in total. The number of carbonyl (C=O) groups is 1. The van der Waals surface area contributed by atoms with Crippen molar-refractivity contribution in [3.8, 4) is 0 Å². The fourth-order valence-corrected chi connectivity index (χ4v) is 1.15. The van der Waals surface area contributed by atoms with Gasteiger partial charge in [-0.05, 0) is 0 Å². The van der Waals surface area contributed by atoms with Gasteiger partial charge in [0.2, 0.25) is 13.3 Å². The third-order valence-corrected chi connectivity index (χ3v) is 2.07. The Morgan fingerprint density at radius 1 is 1.62 bits per heavy atom. The van der Waals surface area contributed by atoms with Crippen LogP contribution in [-0.4, -0.2) is 40.7 Å². The first-order valence-corrected chi connectivity index (χ1v) is 6.15. The predicted octanol–water partition coefficient (Wildman–Crippen LogP) is 0.0190. The molecule has 0 aromatic rings. The molecule has 1 atom stereocenters. The quantitative estimate of drug-likeness (QED) is 0.257. The van der Waals surface area contributed by atoms with E-state index in [2.05, 4.69) is 5.32 Å². The summed E-state index contributed by atoms with van der Waals surface area (Å²) >= 11 is 0. The molecule has 6 nitrogen and oxygen atoms in total. The third-order valence-electron chi connectivity index (χ3n) is 1.26. The molecular weight excluding hydrogens is 195 g/mol. The van der Waals surface area contributed by atoms with E-state index in [0.29, 0.717) is 5.06 Å². The highest BCUT2D eigenvalue weighted by Gasteiger charge is 2.11. The topological polar surface area (TPSA) is 89.9 Å². The van der Waals surface area contributed by atoms with Gasteiger partial charge in [0.05, 0.1) is 13.0 Å². The van der Waals surface area contributed by atoms with Crippen LogP contribution in [0.4, 0.5) is 0 Å². The van der Waals surface area contributed by atoms with Gasteiger partial charge in [0.1, 0.15) is 0 Å². The van der Waals surface area contributed by atoms with Gasteiger partial charge in [0.15, 0.2) is 0 Å². The van der Waals surface area contributed by atoms with Crippen LogP contribution in [0.15, 0.2) is 0 Å². The lowest BCUT2D eigenvalue weighted by Gasteiger charge is -2.15. The molecule has 7 heteroatoms. The molecule has 0 spiro atoms. The van der Waals surface area contributed by atoms with Gasteiger partial charge in [-0.3, -0.25) is 19.9 Å². The summed E-state index contributed by atoms with van der Waals surface area (Å²) in [7, 11) is -3.12. The minimum Gasteiger partial charge on any atom is -0.344 e. The number of hydrogen-bond donors (Lipinski definition) is 3. The second-order valence-corrected chi connectivity index (χ2v) is 5.18. The van der Waals surface area contributed by atoms with E-state index in [1.165, 1.54) is 6.66 Å². The Bertz CT molecular complexity index is 215. The number of hydroxylamine groups is 2. The van der Waals surface area contributed by atoms with E-state index in [1.807, 2.05) is 0 Å². The van der Waals surface area contributed by atoms with Crippen molar-refractivity contribution in [2.24, 2.45) is 0 Å². The molecule has 0 heterocycles. The van der Waals surface area contributed by atoms with Gasteiger partial charge in [-0.2, -0.15) is 0 Å². The van der Waals surface area contributed by atoms with Crippen molar-refractivity contribution >= 4 is 13.3 Å². The Balaban J connectivity index is 3.66. The van der Waals surface area contributed by atoms with Crippen molar-refractivity contribution in [2.75, 3.05) is 19.6 Å². The zero-order chi connectivity index (χ0) is 10.5. The van der Waals surface area contributed by atoms with Gasteiger partial charge in [-0.15, -0.1) is 0 Å². The summed E-state index contributed by atoms with van der Waals surface area (Å²) in [5.41, 5.74) is 0. The van der Waals surface area contributed by atoms with Crippen LogP contribution in [0.2, 0.25) is 0 Å². The third kappa shape index (κ3) is 6.72. The van der Waals surface area contributed by atoms with Crippen LogP contribution in [0.5, 0.6) is 0 Å². The van der Waals surface area contributed by atoms with E-state index < -0.39 is 13.3 Å². The summed E-state index contributed by atoms with van der Waals surface area (Å²) in [4.78, 5) is 19.6. The molecule has 0 aliphatic rings. The fourth-order valence-electron chi connectivity index (χ4n) is 0.634. The Morgan fingerprint density at radius 2 is 2.15 bits per heavy atom. The SMILES string of the molecule is CCC(=O)N(O)CNCP(C)(=O)O. The Hall–Kier alpha value is -0.420. The van der Waals surface area contributed by atoms with Crippen LogP contribution in [0.25, 0.3) is 0 Å². The summed E-state index contributed by atoms with van der Waals surface area (Å²) in [5.74, 6) is -0.434. The maximum Gasteiger partial charge on any atom is 0.246 e. The average molecular weight is 210 g/mol. The second-order valence-electron chi connectivity index (χ2n) is 2.76. The van der Waals surface area contributed by atoms with Gasteiger partial charge in [-0.1, -0.05) is 6.92 Å². The molecule has 0 saturated carbocycles. The van der Waals surface area contributed by atoms with E-state index in [-0.39, 0.29) is 19.4 Å².